The van der Waals surface area contributed by atoms with Crippen LogP contribution >= 0.6 is 0 Å². The number of likely N-dealkylation sites (tertiary alicyclic amines) is 1. The van der Waals surface area contributed by atoms with Crippen molar-refractivity contribution in [1.29, 1.82) is 0 Å². The number of hydrogen-bond donors (Lipinski definition) is 1. The van der Waals surface area contributed by atoms with Gasteiger partial charge in [-0.05, 0) is 42.7 Å². The lowest BCUT2D eigenvalue weighted by atomic mass is 9.91. The van der Waals surface area contributed by atoms with Crippen LogP contribution in [0.15, 0.2) is 24.3 Å². The number of alkyl halides is 3. The minimum atomic E-state index is -4.40. The number of carboxylic acids is 1. The zero-order chi connectivity index (χ0) is 19.3. The van der Waals surface area contributed by atoms with Crippen molar-refractivity contribution in [3.63, 3.8) is 0 Å². The van der Waals surface area contributed by atoms with Gasteiger partial charge in [-0.15, -0.1) is 0 Å². The van der Waals surface area contributed by atoms with E-state index in [1.165, 1.54) is 6.07 Å². The van der Waals surface area contributed by atoms with Gasteiger partial charge in [0, 0.05) is 25.9 Å². The molecular weight excluding hydrogens is 347 g/mol. The number of carbonyl (C=O) groups is 2. The van der Waals surface area contributed by atoms with E-state index < -0.39 is 17.7 Å². The van der Waals surface area contributed by atoms with E-state index in [2.05, 4.69) is 0 Å². The molecule has 4 nitrogen and oxygen atoms in total. The molecule has 1 aromatic carbocycles. The van der Waals surface area contributed by atoms with Crippen molar-refractivity contribution in [2.75, 3.05) is 13.1 Å². The molecule has 0 aliphatic carbocycles. The summed E-state index contributed by atoms with van der Waals surface area (Å²) in [4.78, 5) is 25.0. The largest absolute Gasteiger partial charge is 0.481 e. The highest BCUT2D eigenvalue weighted by Crippen LogP contribution is 2.32. The lowest BCUT2D eigenvalue weighted by Crippen LogP contribution is -2.40. The van der Waals surface area contributed by atoms with Crippen LogP contribution in [0.25, 0.3) is 0 Å². The number of carboxylic acid groups (broad SMARTS) is 1. The lowest BCUT2D eigenvalue weighted by molar-refractivity contribution is -0.138. The summed E-state index contributed by atoms with van der Waals surface area (Å²) in [5, 5.41) is 8.78. The fourth-order valence-electron chi connectivity index (χ4n) is 3.39. The maximum atomic E-state index is 12.8. The zero-order valence-electron chi connectivity index (χ0n) is 14.8. The number of rotatable bonds is 6. The highest BCUT2D eigenvalue weighted by molar-refractivity contribution is 5.77. The van der Waals surface area contributed by atoms with Gasteiger partial charge in [0.1, 0.15) is 0 Å². The molecule has 2 atom stereocenters. The molecule has 0 saturated carbocycles. The summed E-state index contributed by atoms with van der Waals surface area (Å²) < 4.78 is 38.5. The number of halogens is 3. The Balaban J connectivity index is 1.95. The molecule has 1 aliphatic rings. The van der Waals surface area contributed by atoms with E-state index in [-0.39, 0.29) is 30.6 Å². The van der Waals surface area contributed by atoms with Crippen molar-refractivity contribution < 1.29 is 27.9 Å². The number of aliphatic carboxylic acids is 1. The van der Waals surface area contributed by atoms with Gasteiger partial charge in [0.15, 0.2) is 0 Å². The third kappa shape index (κ3) is 5.75. The third-order valence-corrected chi connectivity index (χ3v) is 4.90. The summed E-state index contributed by atoms with van der Waals surface area (Å²) in [6.45, 7) is 2.90. The normalized spacial score (nSPS) is 19.2. The third-order valence-electron chi connectivity index (χ3n) is 4.90. The number of benzene rings is 1. The molecule has 1 aliphatic heterocycles. The molecule has 144 valence electrons. The van der Waals surface area contributed by atoms with Crippen LogP contribution in [0.5, 0.6) is 0 Å². The fourth-order valence-corrected chi connectivity index (χ4v) is 3.39. The number of piperidine rings is 1. The number of amides is 1. The van der Waals surface area contributed by atoms with Crippen LogP contribution in [0, 0.1) is 5.92 Å². The average molecular weight is 371 g/mol. The first-order valence-electron chi connectivity index (χ1n) is 8.83. The SMILES string of the molecule is C[C@H](CC(=O)N1CCC[C@@H](CCC(=O)O)C1)c1cccc(C(F)(F)F)c1. The standard InChI is InChI=1S/C19H24F3NO3/c1-13(15-5-2-6-16(11-15)19(20,21)22)10-17(24)23-9-3-4-14(12-23)7-8-18(25)26/h2,5-6,11,13-14H,3-4,7-10,12H2,1H3,(H,25,26)/t13-,14+/m1/s1. The minimum absolute atomic E-state index is 0.0880. The van der Waals surface area contributed by atoms with Crippen LogP contribution < -0.4 is 0 Å². The zero-order valence-corrected chi connectivity index (χ0v) is 14.8. The number of carbonyl (C=O) groups excluding carboxylic acids is 1. The predicted molar refractivity (Wildman–Crippen MR) is 90.6 cm³/mol. The van der Waals surface area contributed by atoms with Gasteiger partial charge in [-0.1, -0.05) is 25.1 Å². The summed E-state index contributed by atoms with van der Waals surface area (Å²) >= 11 is 0. The van der Waals surface area contributed by atoms with E-state index >= 15 is 0 Å². The molecule has 0 spiro atoms. The summed E-state index contributed by atoms with van der Waals surface area (Å²) in [5.74, 6) is -1.07. The monoisotopic (exact) mass is 371 g/mol. The van der Waals surface area contributed by atoms with E-state index in [1.807, 2.05) is 0 Å². The smallest absolute Gasteiger partial charge is 0.416 e. The quantitative estimate of drug-likeness (QED) is 0.811. The van der Waals surface area contributed by atoms with Crippen LogP contribution in [0.2, 0.25) is 0 Å². The lowest BCUT2D eigenvalue weighted by Gasteiger charge is -2.33. The Hall–Kier alpha value is -2.05. The highest BCUT2D eigenvalue weighted by atomic mass is 19.4. The van der Waals surface area contributed by atoms with Gasteiger partial charge in [0.05, 0.1) is 5.56 Å². The molecule has 1 fully saturated rings. The molecule has 1 aromatic rings. The van der Waals surface area contributed by atoms with Gasteiger partial charge < -0.3 is 10.0 Å². The second kappa shape index (κ2) is 8.56. The molecule has 7 heteroatoms. The first-order chi connectivity index (χ1) is 12.2. The molecular formula is C19H24F3NO3. The Morgan fingerprint density at radius 2 is 2.08 bits per heavy atom. The van der Waals surface area contributed by atoms with E-state index in [0.717, 1.165) is 25.0 Å². The van der Waals surface area contributed by atoms with Gasteiger partial charge in [-0.3, -0.25) is 9.59 Å². The van der Waals surface area contributed by atoms with Crippen molar-refractivity contribution in [2.45, 2.75) is 51.1 Å². The Bertz CT molecular complexity index is 645. The van der Waals surface area contributed by atoms with E-state index in [9.17, 15) is 22.8 Å². The fraction of sp³-hybridized carbons (Fsp3) is 0.579. The Morgan fingerprint density at radius 1 is 1.35 bits per heavy atom. The molecule has 1 N–H and O–H groups in total. The van der Waals surface area contributed by atoms with Crippen molar-refractivity contribution >= 4 is 11.9 Å². The van der Waals surface area contributed by atoms with Crippen LogP contribution in [-0.2, 0) is 15.8 Å². The molecule has 0 aromatic heterocycles. The molecule has 1 saturated heterocycles. The summed E-state index contributed by atoms with van der Waals surface area (Å²) in [7, 11) is 0. The molecule has 1 amide bonds. The summed E-state index contributed by atoms with van der Waals surface area (Å²) in [6.07, 6.45) is -1.89. The topological polar surface area (TPSA) is 57.6 Å². The molecule has 0 bridgehead atoms. The summed E-state index contributed by atoms with van der Waals surface area (Å²) in [5.41, 5.74) is -0.214. The van der Waals surface area contributed by atoms with E-state index in [1.54, 1.807) is 17.9 Å². The van der Waals surface area contributed by atoms with Gasteiger partial charge in [-0.25, -0.2) is 0 Å². The average Bonchev–Trinajstić information content (AvgIpc) is 2.59. The molecule has 26 heavy (non-hydrogen) atoms. The first-order valence-corrected chi connectivity index (χ1v) is 8.83. The number of nitrogens with zero attached hydrogens (tertiary/aromatic N) is 1. The second-order valence-electron chi connectivity index (χ2n) is 7.01. The van der Waals surface area contributed by atoms with Crippen molar-refractivity contribution in [3.8, 4) is 0 Å². The Morgan fingerprint density at radius 3 is 2.73 bits per heavy atom. The van der Waals surface area contributed by atoms with Gasteiger partial charge in [0.25, 0.3) is 0 Å². The molecule has 0 unspecified atom stereocenters. The maximum absolute atomic E-state index is 12.8. The van der Waals surface area contributed by atoms with Crippen LogP contribution in [-0.4, -0.2) is 35.0 Å². The molecule has 1 heterocycles. The van der Waals surface area contributed by atoms with Gasteiger partial charge in [-0.2, -0.15) is 13.2 Å². The van der Waals surface area contributed by atoms with Crippen molar-refractivity contribution in [3.05, 3.63) is 35.4 Å². The van der Waals surface area contributed by atoms with Gasteiger partial charge in [0.2, 0.25) is 5.91 Å². The highest BCUT2D eigenvalue weighted by Gasteiger charge is 2.31. The van der Waals surface area contributed by atoms with Crippen LogP contribution in [0.1, 0.15) is 56.1 Å². The Labute approximate surface area is 151 Å². The minimum Gasteiger partial charge on any atom is -0.481 e. The Kier molecular flexibility index (Phi) is 6.67. The molecule has 2 rings (SSSR count). The van der Waals surface area contributed by atoms with Crippen LogP contribution in [0.3, 0.4) is 0 Å². The van der Waals surface area contributed by atoms with Crippen LogP contribution in [0.4, 0.5) is 13.2 Å². The molecule has 0 radical (unpaired) electrons. The maximum Gasteiger partial charge on any atom is 0.416 e. The summed E-state index contributed by atoms with van der Waals surface area (Å²) in [6, 6.07) is 5.10. The second-order valence-corrected chi connectivity index (χ2v) is 7.01. The van der Waals surface area contributed by atoms with E-state index in [0.29, 0.717) is 25.1 Å². The van der Waals surface area contributed by atoms with Crippen molar-refractivity contribution in [1.82, 2.24) is 4.90 Å². The number of hydrogen-bond acceptors (Lipinski definition) is 2. The van der Waals surface area contributed by atoms with E-state index in [4.69, 9.17) is 5.11 Å². The first kappa shape index (κ1) is 20.3. The predicted octanol–water partition coefficient (Wildman–Crippen LogP) is 4.30. The van der Waals surface area contributed by atoms with Crippen molar-refractivity contribution in [2.24, 2.45) is 5.92 Å². The van der Waals surface area contributed by atoms with Gasteiger partial charge >= 0.3 is 12.1 Å².